The highest BCUT2D eigenvalue weighted by Gasteiger charge is 2.35. The summed E-state index contributed by atoms with van der Waals surface area (Å²) < 4.78 is 5.34. The van der Waals surface area contributed by atoms with Gasteiger partial charge in [0.15, 0.2) is 0 Å². The molecule has 18 heavy (non-hydrogen) atoms. The van der Waals surface area contributed by atoms with Crippen LogP contribution in [-0.4, -0.2) is 13.2 Å². The molecule has 1 aromatic carbocycles. The Morgan fingerprint density at radius 2 is 2.11 bits per heavy atom. The van der Waals surface area contributed by atoms with Crippen LogP contribution in [-0.2, 0) is 16.8 Å². The third-order valence-electron chi connectivity index (χ3n) is 3.89. The van der Waals surface area contributed by atoms with E-state index in [-0.39, 0.29) is 5.54 Å². The number of carbonyl (C=O) groups excluding carboxylic acids is 1. The molecule has 0 heterocycles. The maximum atomic E-state index is 10.7. The summed E-state index contributed by atoms with van der Waals surface area (Å²) in [5.41, 5.74) is 1.96. The van der Waals surface area contributed by atoms with Crippen LogP contribution in [0.5, 0.6) is 5.75 Å². The highest BCUT2D eigenvalue weighted by atomic mass is 16.5. The SMILES string of the molecule is CCc1cc(C2(N=C=O)CCCC2)ccc1OC. The predicted molar refractivity (Wildman–Crippen MR) is 70.6 cm³/mol. The molecule has 96 valence electrons. The summed E-state index contributed by atoms with van der Waals surface area (Å²) in [6, 6.07) is 6.14. The minimum Gasteiger partial charge on any atom is -0.496 e. The first-order valence-electron chi connectivity index (χ1n) is 6.52. The van der Waals surface area contributed by atoms with Crippen LogP contribution in [0.3, 0.4) is 0 Å². The molecule has 0 aliphatic heterocycles. The summed E-state index contributed by atoms with van der Waals surface area (Å²) in [6.07, 6.45) is 6.81. The Labute approximate surface area is 108 Å². The van der Waals surface area contributed by atoms with E-state index in [0.29, 0.717) is 0 Å². The predicted octanol–water partition coefficient (Wildman–Crippen LogP) is 3.36. The van der Waals surface area contributed by atoms with E-state index in [2.05, 4.69) is 18.0 Å². The van der Waals surface area contributed by atoms with E-state index in [1.165, 1.54) is 5.56 Å². The third-order valence-corrected chi connectivity index (χ3v) is 3.89. The normalized spacial score (nSPS) is 17.2. The van der Waals surface area contributed by atoms with Crippen molar-refractivity contribution in [2.24, 2.45) is 4.99 Å². The molecule has 1 saturated carbocycles. The largest absolute Gasteiger partial charge is 0.496 e. The Hall–Kier alpha value is -1.60. The fourth-order valence-electron chi connectivity index (χ4n) is 2.86. The Morgan fingerprint density at radius 1 is 1.39 bits per heavy atom. The van der Waals surface area contributed by atoms with Gasteiger partial charge in [-0.1, -0.05) is 25.8 Å². The molecular formula is C15H19NO2. The van der Waals surface area contributed by atoms with Crippen LogP contribution in [0.1, 0.15) is 43.7 Å². The van der Waals surface area contributed by atoms with E-state index < -0.39 is 0 Å². The number of aryl methyl sites for hydroxylation is 1. The lowest BCUT2D eigenvalue weighted by molar-refractivity contribution is 0.407. The van der Waals surface area contributed by atoms with E-state index in [9.17, 15) is 4.79 Å². The topological polar surface area (TPSA) is 38.7 Å². The highest BCUT2D eigenvalue weighted by Crippen LogP contribution is 2.43. The molecule has 1 fully saturated rings. The van der Waals surface area contributed by atoms with Gasteiger partial charge in [-0.15, -0.1) is 0 Å². The van der Waals surface area contributed by atoms with Gasteiger partial charge in [-0.2, -0.15) is 4.99 Å². The van der Waals surface area contributed by atoms with Crippen molar-refractivity contribution in [3.8, 4) is 5.75 Å². The molecule has 0 bridgehead atoms. The van der Waals surface area contributed by atoms with Crippen molar-refractivity contribution in [1.82, 2.24) is 0 Å². The van der Waals surface area contributed by atoms with Gasteiger partial charge in [0.1, 0.15) is 5.75 Å². The van der Waals surface area contributed by atoms with Gasteiger partial charge in [0.25, 0.3) is 0 Å². The van der Waals surface area contributed by atoms with E-state index in [4.69, 9.17) is 4.74 Å². The molecule has 3 nitrogen and oxygen atoms in total. The molecule has 0 N–H and O–H groups in total. The van der Waals surface area contributed by atoms with E-state index in [0.717, 1.165) is 43.4 Å². The number of hydrogen-bond acceptors (Lipinski definition) is 3. The van der Waals surface area contributed by atoms with Crippen molar-refractivity contribution in [1.29, 1.82) is 0 Å². The second-order valence-corrected chi connectivity index (χ2v) is 4.82. The summed E-state index contributed by atoms with van der Waals surface area (Å²) >= 11 is 0. The molecule has 1 aromatic rings. The van der Waals surface area contributed by atoms with E-state index >= 15 is 0 Å². The Kier molecular flexibility index (Phi) is 3.83. The summed E-state index contributed by atoms with van der Waals surface area (Å²) in [5.74, 6) is 0.907. The molecule has 2 rings (SSSR count). The van der Waals surface area contributed by atoms with Crippen molar-refractivity contribution in [3.63, 3.8) is 0 Å². The first-order chi connectivity index (χ1) is 8.75. The molecule has 1 aliphatic rings. The van der Waals surface area contributed by atoms with Crippen LogP contribution in [0.15, 0.2) is 23.2 Å². The lowest BCUT2D eigenvalue weighted by atomic mass is 9.87. The second kappa shape index (κ2) is 5.36. The number of isocyanates is 1. The van der Waals surface area contributed by atoms with Crippen molar-refractivity contribution in [2.45, 2.75) is 44.6 Å². The fraction of sp³-hybridized carbons (Fsp3) is 0.533. The molecular weight excluding hydrogens is 226 g/mol. The lowest BCUT2D eigenvalue weighted by Gasteiger charge is -2.24. The van der Waals surface area contributed by atoms with Crippen molar-refractivity contribution in [2.75, 3.05) is 7.11 Å². The number of ether oxygens (including phenoxy) is 1. The van der Waals surface area contributed by atoms with Crippen LogP contribution in [0.25, 0.3) is 0 Å². The molecule has 0 unspecified atom stereocenters. The van der Waals surface area contributed by atoms with Crippen LogP contribution >= 0.6 is 0 Å². The molecule has 0 amide bonds. The Bertz CT molecular complexity index is 469. The number of hydrogen-bond donors (Lipinski definition) is 0. The molecule has 3 heteroatoms. The van der Waals surface area contributed by atoms with Gasteiger partial charge in [-0.25, -0.2) is 4.79 Å². The van der Waals surface area contributed by atoms with E-state index in [1.807, 2.05) is 12.1 Å². The summed E-state index contributed by atoms with van der Waals surface area (Å²) in [5, 5.41) is 0. The minimum absolute atomic E-state index is 0.335. The zero-order valence-electron chi connectivity index (χ0n) is 11.0. The number of methoxy groups -OCH3 is 1. The van der Waals surface area contributed by atoms with Gasteiger partial charge in [-0.05, 0) is 42.5 Å². The monoisotopic (exact) mass is 245 g/mol. The number of rotatable bonds is 4. The van der Waals surface area contributed by atoms with Gasteiger partial charge in [0.2, 0.25) is 6.08 Å². The second-order valence-electron chi connectivity index (χ2n) is 4.82. The van der Waals surface area contributed by atoms with Crippen LogP contribution < -0.4 is 4.74 Å². The molecule has 1 aliphatic carbocycles. The molecule has 0 spiro atoms. The van der Waals surface area contributed by atoms with Gasteiger partial charge in [0, 0.05) is 0 Å². The van der Waals surface area contributed by atoms with Gasteiger partial charge in [0.05, 0.1) is 12.6 Å². The van der Waals surface area contributed by atoms with Crippen LogP contribution in [0.4, 0.5) is 0 Å². The Morgan fingerprint density at radius 3 is 2.67 bits per heavy atom. The Balaban J connectivity index is 2.46. The van der Waals surface area contributed by atoms with Crippen molar-refractivity contribution in [3.05, 3.63) is 29.3 Å². The number of nitrogens with zero attached hydrogens (tertiary/aromatic N) is 1. The number of aliphatic imine (C=N–C) groups is 1. The summed E-state index contributed by atoms with van der Waals surface area (Å²) in [4.78, 5) is 14.8. The maximum Gasteiger partial charge on any atom is 0.235 e. The average Bonchev–Trinajstić information content (AvgIpc) is 2.88. The van der Waals surface area contributed by atoms with Crippen LogP contribution in [0.2, 0.25) is 0 Å². The van der Waals surface area contributed by atoms with Gasteiger partial charge >= 0.3 is 0 Å². The average molecular weight is 245 g/mol. The molecule has 0 saturated heterocycles. The summed E-state index contributed by atoms with van der Waals surface area (Å²) in [7, 11) is 1.68. The van der Waals surface area contributed by atoms with Crippen molar-refractivity contribution < 1.29 is 9.53 Å². The zero-order valence-corrected chi connectivity index (χ0v) is 11.0. The molecule has 0 aromatic heterocycles. The first-order valence-corrected chi connectivity index (χ1v) is 6.52. The van der Waals surface area contributed by atoms with E-state index in [1.54, 1.807) is 13.2 Å². The highest BCUT2D eigenvalue weighted by molar-refractivity contribution is 5.43. The fourth-order valence-corrected chi connectivity index (χ4v) is 2.86. The van der Waals surface area contributed by atoms with Crippen molar-refractivity contribution >= 4 is 6.08 Å². The minimum atomic E-state index is -0.335. The number of benzene rings is 1. The standard InChI is InChI=1S/C15H19NO2/c1-3-12-10-13(6-7-14(12)18-2)15(16-11-17)8-4-5-9-15/h6-7,10H,3-5,8-9H2,1-2H3. The van der Waals surface area contributed by atoms with Gasteiger partial charge < -0.3 is 4.74 Å². The first kappa shape index (κ1) is 12.8. The molecule has 0 radical (unpaired) electrons. The quantitative estimate of drug-likeness (QED) is 0.602. The van der Waals surface area contributed by atoms with Gasteiger partial charge in [-0.3, -0.25) is 0 Å². The third kappa shape index (κ3) is 2.19. The maximum absolute atomic E-state index is 10.7. The smallest absolute Gasteiger partial charge is 0.235 e. The summed E-state index contributed by atoms with van der Waals surface area (Å²) in [6.45, 7) is 2.10. The van der Waals surface area contributed by atoms with Crippen LogP contribution in [0, 0.1) is 0 Å². The lowest BCUT2D eigenvalue weighted by Crippen LogP contribution is -2.19. The zero-order chi connectivity index (χ0) is 13.0. The molecule has 0 atom stereocenters.